The highest BCUT2D eigenvalue weighted by Crippen LogP contribution is 2.62. The van der Waals surface area contributed by atoms with Crippen LogP contribution in [0.15, 0.2) is 24.3 Å². The van der Waals surface area contributed by atoms with E-state index in [0.29, 0.717) is 29.7 Å². The number of hydrogen-bond donors (Lipinski definition) is 1. The van der Waals surface area contributed by atoms with Gasteiger partial charge in [-0.15, -0.1) is 0 Å². The van der Waals surface area contributed by atoms with Gasteiger partial charge in [0.05, 0.1) is 49.7 Å². The zero-order valence-corrected chi connectivity index (χ0v) is 19.7. The zero-order valence-electron chi connectivity index (χ0n) is 18.9. The van der Waals surface area contributed by atoms with Crippen LogP contribution in [0.25, 0.3) is 0 Å². The Kier molecular flexibility index (Phi) is 5.44. The Morgan fingerprint density at radius 2 is 2.12 bits per heavy atom. The predicted molar refractivity (Wildman–Crippen MR) is 121 cm³/mol. The van der Waals surface area contributed by atoms with Crippen LogP contribution >= 0.6 is 11.6 Å². The summed E-state index contributed by atoms with van der Waals surface area (Å²) < 4.78 is 24.0. The minimum absolute atomic E-state index is 0.00674. The quantitative estimate of drug-likeness (QED) is 0.542. The lowest BCUT2D eigenvalue weighted by Crippen LogP contribution is -2.75. The minimum Gasteiger partial charge on any atom is -0.496 e. The Balaban J connectivity index is 1.61. The molecule has 4 aliphatic rings. The van der Waals surface area contributed by atoms with Gasteiger partial charge in [0.25, 0.3) is 0 Å². The van der Waals surface area contributed by atoms with Gasteiger partial charge in [-0.3, -0.25) is 4.90 Å². The minimum atomic E-state index is -0.822. The van der Waals surface area contributed by atoms with Crippen molar-refractivity contribution < 1.29 is 23.7 Å². The standard InChI is InChI=1S/C24H31ClN2O5/c1-5-15-13-27-9-8-23-20-18(29-3)7-6-17(25)21(20)26-24(23,32-11-10-31-23)19(27)12-16(15)14(2)22(28)30-4/h6-7,15-16,19,26H,2,5,8-13H2,1,3-4H3/t15-,16-,19+,23+,24+/m1/s1. The molecule has 4 aliphatic heterocycles. The third-order valence-electron chi connectivity index (χ3n) is 8.01. The van der Waals surface area contributed by atoms with Crippen LogP contribution in [0.1, 0.15) is 31.7 Å². The van der Waals surface area contributed by atoms with E-state index in [1.807, 2.05) is 12.1 Å². The van der Waals surface area contributed by atoms with E-state index in [9.17, 15) is 4.79 Å². The first-order valence-electron chi connectivity index (χ1n) is 11.4. The maximum Gasteiger partial charge on any atom is 0.333 e. The van der Waals surface area contributed by atoms with Crippen LogP contribution in [0.4, 0.5) is 5.69 Å². The monoisotopic (exact) mass is 462 g/mol. The molecule has 174 valence electrons. The molecule has 0 unspecified atom stereocenters. The Hall–Kier alpha value is -1.80. The number of piperidine rings is 2. The van der Waals surface area contributed by atoms with Gasteiger partial charge >= 0.3 is 5.97 Å². The SMILES string of the molecule is C=C(C(=O)OC)[C@H]1C[C@@H]2N(CC[C@@]34OCCO[C@@]23Nc2c(Cl)ccc(OC)c24)C[C@H]1CC. The molecule has 5 atom stereocenters. The summed E-state index contributed by atoms with van der Waals surface area (Å²) in [7, 11) is 3.08. The summed E-state index contributed by atoms with van der Waals surface area (Å²) in [4.78, 5) is 14.9. The number of hydrogen-bond acceptors (Lipinski definition) is 7. The lowest BCUT2D eigenvalue weighted by molar-refractivity contribution is -0.297. The second-order valence-electron chi connectivity index (χ2n) is 9.17. The fourth-order valence-corrected chi connectivity index (χ4v) is 6.74. The van der Waals surface area contributed by atoms with Gasteiger partial charge in [-0.2, -0.15) is 0 Å². The third-order valence-corrected chi connectivity index (χ3v) is 8.32. The van der Waals surface area contributed by atoms with Crippen molar-refractivity contribution in [2.45, 2.75) is 43.6 Å². The fraction of sp³-hybridized carbons (Fsp3) is 0.625. The number of halogens is 1. The van der Waals surface area contributed by atoms with Gasteiger partial charge < -0.3 is 24.3 Å². The Labute approximate surface area is 194 Å². The molecule has 3 saturated heterocycles. The van der Waals surface area contributed by atoms with Gasteiger partial charge in [0.1, 0.15) is 11.4 Å². The van der Waals surface area contributed by atoms with Crippen LogP contribution < -0.4 is 10.1 Å². The number of fused-ring (bicyclic) bond motifs is 2. The average molecular weight is 463 g/mol. The molecule has 0 amide bonds. The van der Waals surface area contributed by atoms with Gasteiger partial charge in [0.2, 0.25) is 0 Å². The van der Waals surface area contributed by atoms with E-state index in [1.165, 1.54) is 7.11 Å². The largest absolute Gasteiger partial charge is 0.496 e. The number of nitrogens with zero attached hydrogens (tertiary/aromatic N) is 1. The third kappa shape index (κ3) is 2.81. The summed E-state index contributed by atoms with van der Waals surface area (Å²) in [6, 6.07) is 3.71. The van der Waals surface area contributed by atoms with Gasteiger partial charge in [-0.1, -0.05) is 31.5 Å². The number of ether oxygens (including phenoxy) is 4. The van der Waals surface area contributed by atoms with E-state index in [-0.39, 0.29) is 17.9 Å². The van der Waals surface area contributed by atoms with Gasteiger partial charge in [-0.25, -0.2) is 4.79 Å². The van der Waals surface area contributed by atoms with E-state index in [4.69, 9.17) is 30.5 Å². The summed E-state index contributed by atoms with van der Waals surface area (Å²) in [6.07, 6.45) is 2.45. The summed E-state index contributed by atoms with van der Waals surface area (Å²) in [5.41, 5.74) is 0.754. The molecule has 1 N–H and O–H groups in total. The van der Waals surface area contributed by atoms with Gasteiger partial charge in [0.15, 0.2) is 5.72 Å². The second-order valence-corrected chi connectivity index (χ2v) is 9.58. The number of carbonyl (C=O) groups excluding carboxylic acids is 1. The van der Waals surface area contributed by atoms with E-state index < -0.39 is 11.3 Å². The first-order chi connectivity index (χ1) is 15.4. The van der Waals surface area contributed by atoms with Crippen molar-refractivity contribution in [3.8, 4) is 5.75 Å². The molecular weight excluding hydrogens is 432 g/mol. The molecule has 7 nitrogen and oxygen atoms in total. The Bertz CT molecular complexity index is 955. The number of nitrogens with one attached hydrogen (secondary N) is 1. The van der Waals surface area contributed by atoms with Crippen molar-refractivity contribution >= 4 is 23.3 Å². The zero-order chi connectivity index (χ0) is 22.7. The van der Waals surface area contributed by atoms with Crippen LogP contribution in [0.3, 0.4) is 0 Å². The highest BCUT2D eigenvalue weighted by molar-refractivity contribution is 6.33. The molecule has 8 heteroatoms. The lowest BCUT2D eigenvalue weighted by atomic mass is 9.67. The smallest absolute Gasteiger partial charge is 0.333 e. The molecule has 5 rings (SSSR count). The van der Waals surface area contributed by atoms with Crippen molar-refractivity contribution in [3.63, 3.8) is 0 Å². The van der Waals surface area contributed by atoms with Crippen molar-refractivity contribution in [1.29, 1.82) is 0 Å². The molecule has 4 heterocycles. The van der Waals surface area contributed by atoms with Crippen molar-refractivity contribution in [3.05, 3.63) is 34.9 Å². The van der Waals surface area contributed by atoms with E-state index in [2.05, 4.69) is 23.7 Å². The molecule has 1 aromatic rings. The van der Waals surface area contributed by atoms with Crippen molar-refractivity contribution in [2.75, 3.05) is 45.8 Å². The number of anilines is 1. The molecule has 1 aromatic carbocycles. The number of carbonyl (C=O) groups is 1. The summed E-state index contributed by atoms with van der Waals surface area (Å²) in [5.74, 6) is 0.741. The van der Waals surface area contributed by atoms with Crippen LogP contribution in [0.5, 0.6) is 5.75 Å². The Morgan fingerprint density at radius 1 is 1.34 bits per heavy atom. The van der Waals surface area contributed by atoms with Gasteiger partial charge in [0, 0.05) is 18.7 Å². The predicted octanol–water partition coefficient (Wildman–Crippen LogP) is 3.56. The van der Waals surface area contributed by atoms with E-state index in [0.717, 1.165) is 49.4 Å². The number of rotatable bonds is 4. The first kappa shape index (κ1) is 22.0. The van der Waals surface area contributed by atoms with Gasteiger partial charge in [-0.05, 0) is 36.8 Å². The maximum absolute atomic E-state index is 12.4. The first-order valence-corrected chi connectivity index (χ1v) is 11.7. The van der Waals surface area contributed by atoms with Crippen LogP contribution in [0, 0.1) is 11.8 Å². The molecule has 0 aromatic heterocycles. The molecule has 0 spiro atoms. The van der Waals surface area contributed by atoms with Crippen molar-refractivity contribution in [1.82, 2.24) is 4.90 Å². The number of benzene rings is 1. The number of esters is 1. The molecule has 0 bridgehead atoms. The van der Waals surface area contributed by atoms with Crippen LogP contribution in [0.2, 0.25) is 5.02 Å². The number of methoxy groups -OCH3 is 2. The highest BCUT2D eigenvalue weighted by Gasteiger charge is 2.70. The van der Waals surface area contributed by atoms with E-state index >= 15 is 0 Å². The molecule has 3 fully saturated rings. The Morgan fingerprint density at radius 3 is 2.84 bits per heavy atom. The molecular formula is C24H31ClN2O5. The molecule has 32 heavy (non-hydrogen) atoms. The van der Waals surface area contributed by atoms with E-state index in [1.54, 1.807) is 7.11 Å². The maximum atomic E-state index is 12.4. The lowest BCUT2D eigenvalue weighted by Gasteiger charge is -2.61. The summed E-state index contributed by atoms with van der Waals surface area (Å²) >= 11 is 6.66. The molecule has 0 radical (unpaired) electrons. The fourth-order valence-electron chi connectivity index (χ4n) is 6.54. The van der Waals surface area contributed by atoms with Crippen LogP contribution in [-0.2, 0) is 24.6 Å². The average Bonchev–Trinajstić information content (AvgIpc) is 3.16. The second kappa shape index (κ2) is 7.90. The topological polar surface area (TPSA) is 69.3 Å². The normalized spacial score (nSPS) is 35.6. The molecule has 0 aliphatic carbocycles. The van der Waals surface area contributed by atoms with Crippen molar-refractivity contribution in [2.24, 2.45) is 11.8 Å². The van der Waals surface area contributed by atoms with Crippen LogP contribution in [-0.4, -0.2) is 63.2 Å². The highest BCUT2D eigenvalue weighted by atomic mass is 35.5. The molecule has 0 saturated carbocycles. The summed E-state index contributed by atoms with van der Waals surface area (Å²) in [6.45, 7) is 9.00. The summed E-state index contributed by atoms with van der Waals surface area (Å²) in [5, 5.41) is 4.29.